The summed E-state index contributed by atoms with van der Waals surface area (Å²) in [4.78, 5) is 0. The van der Waals surface area contributed by atoms with Crippen molar-refractivity contribution in [2.75, 3.05) is 0 Å². The van der Waals surface area contributed by atoms with Crippen LogP contribution in [0.25, 0.3) is 0 Å². The van der Waals surface area contributed by atoms with E-state index < -0.39 is 0 Å². The van der Waals surface area contributed by atoms with E-state index in [4.69, 9.17) is 0 Å². The second kappa shape index (κ2) is 10.3. The highest BCUT2D eigenvalue weighted by Gasteiger charge is 1.95. The zero-order chi connectivity index (χ0) is 16.3. The first-order valence-corrected chi connectivity index (χ1v) is 9.44. The number of hydrogen-bond donors (Lipinski definition) is 0. The molecule has 0 saturated carbocycles. The minimum absolute atomic E-state index is 1.05. The minimum Gasteiger partial charge on any atom is -0.0654 e. The van der Waals surface area contributed by atoms with Gasteiger partial charge in [-0.05, 0) is 54.8 Å². The van der Waals surface area contributed by atoms with Gasteiger partial charge in [-0.15, -0.1) is 0 Å². The van der Waals surface area contributed by atoms with Crippen molar-refractivity contribution in [2.24, 2.45) is 0 Å². The van der Waals surface area contributed by atoms with Crippen molar-refractivity contribution in [3.63, 3.8) is 0 Å². The van der Waals surface area contributed by atoms with Gasteiger partial charge in [0.1, 0.15) is 0 Å². The summed E-state index contributed by atoms with van der Waals surface area (Å²) in [6.07, 6.45) is 9.31. The molecule has 2 aromatic carbocycles. The van der Waals surface area contributed by atoms with Crippen LogP contribution in [0.5, 0.6) is 0 Å². The lowest BCUT2D eigenvalue weighted by Gasteiger charge is -2.02. The van der Waals surface area contributed by atoms with Crippen molar-refractivity contribution in [2.45, 2.75) is 51.9 Å². The van der Waals surface area contributed by atoms with Crippen molar-refractivity contribution in [1.29, 1.82) is 0 Å². The molecule has 0 radical (unpaired) electrons. The molecule has 0 amide bonds. The normalized spacial score (nSPS) is 10.2. The summed E-state index contributed by atoms with van der Waals surface area (Å²) in [5.74, 6) is 6.44. The lowest BCUT2D eigenvalue weighted by molar-refractivity contribution is 0.607. The molecule has 0 atom stereocenters. The van der Waals surface area contributed by atoms with Gasteiger partial charge in [0, 0.05) is 15.6 Å². The summed E-state index contributed by atoms with van der Waals surface area (Å²) >= 11 is 3.44. The second-order valence-electron chi connectivity index (χ2n) is 5.97. The van der Waals surface area contributed by atoms with Gasteiger partial charge < -0.3 is 0 Å². The molecular weight excluding hydrogens is 344 g/mol. The summed E-state index contributed by atoms with van der Waals surface area (Å²) in [6, 6.07) is 16.8. The molecule has 0 heterocycles. The van der Waals surface area contributed by atoms with Crippen LogP contribution in [0, 0.1) is 11.8 Å². The summed E-state index contributed by atoms with van der Waals surface area (Å²) in [6.45, 7) is 2.27. The molecule has 0 N–H and O–H groups in total. The maximum Gasteiger partial charge on any atom is 0.0249 e. The summed E-state index contributed by atoms with van der Waals surface area (Å²) in [7, 11) is 0. The third-order valence-electron chi connectivity index (χ3n) is 3.97. The fourth-order valence-electron chi connectivity index (χ4n) is 2.54. The monoisotopic (exact) mass is 368 g/mol. The van der Waals surface area contributed by atoms with Crippen molar-refractivity contribution in [3.05, 3.63) is 69.7 Å². The van der Waals surface area contributed by atoms with Crippen molar-refractivity contribution in [3.8, 4) is 11.8 Å². The maximum atomic E-state index is 3.44. The number of benzene rings is 2. The Bertz CT molecular complexity index is 626. The van der Waals surface area contributed by atoms with Gasteiger partial charge in [-0.1, -0.05) is 78.9 Å². The van der Waals surface area contributed by atoms with Gasteiger partial charge in [0.25, 0.3) is 0 Å². The van der Waals surface area contributed by atoms with Gasteiger partial charge >= 0.3 is 0 Å². The molecule has 0 nitrogen and oxygen atoms in total. The molecule has 0 saturated heterocycles. The van der Waals surface area contributed by atoms with Gasteiger partial charge in [0.15, 0.2) is 0 Å². The van der Waals surface area contributed by atoms with Crippen LogP contribution in [0.2, 0.25) is 0 Å². The first kappa shape index (κ1) is 17.8. The van der Waals surface area contributed by atoms with E-state index in [-0.39, 0.29) is 0 Å². The van der Waals surface area contributed by atoms with Crippen LogP contribution < -0.4 is 0 Å². The van der Waals surface area contributed by atoms with Gasteiger partial charge in [-0.25, -0.2) is 0 Å². The van der Waals surface area contributed by atoms with E-state index >= 15 is 0 Å². The molecule has 0 spiro atoms. The van der Waals surface area contributed by atoms with Crippen LogP contribution in [-0.4, -0.2) is 0 Å². The Balaban J connectivity index is 1.79. The predicted molar refractivity (Wildman–Crippen MR) is 104 cm³/mol. The average Bonchev–Trinajstić information content (AvgIpc) is 2.58. The quantitative estimate of drug-likeness (QED) is 0.374. The first-order valence-electron chi connectivity index (χ1n) is 8.64. The van der Waals surface area contributed by atoms with Gasteiger partial charge in [-0.3, -0.25) is 0 Å². The van der Waals surface area contributed by atoms with Gasteiger partial charge in [0.05, 0.1) is 0 Å². The van der Waals surface area contributed by atoms with Gasteiger partial charge in [0.2, 0.25) is 0 Å². The largest absolute Gasteiger partial charge is 0.0654 e. The fourth-order valence-corrected chi connectivity index (χ4v) is 2.81. The Morgan fingerprint density at radius 3 is 1.83 bits per heavy atom. The molecule has 23 heavy (non-hydrogen) atoms. The van der Waals surface area contributed by atoms with Crippen LogP contribution in [0.3, 0.4) is 0 Å². The number of halogens is 1. The first-order chi connectivity index (χ1) is 11.3. The molecular formula is C22H25Br. The summed E-state index contributed by atoms with van der Waals surface area (Å²) in [5.41, 5.74) is 3.55. The predicted octanol–water partition coefficient (Wildman–Crippen LogP) is 6.75. The highest BCUT2D eigenvalue weighted by atomic mass is 79.9. The number of unbranched alkanes of at least 4 members (excludes halogenated alkanes) is 5. The Hall–Kier alpha value is -1.52. The zero-order valence-corrected chi connectivity index (χ0v) is 15.5. The summed E-state index contributed by atoms with van der Waals surface area (Å²) < 4.78 is 1.09. The van der Waals surface area contributed by atoms with Crippen molar-refractivity contribution in [1.82, 2.24) is 0 Å². The highest BCUT2D eigenvalue weighted by Crippen LogP contribution is 2.12. The van der Waals surface area contributed by atoms with E-state index in [1.165, 1.54) is 50.5 Å². The van der Waals surface area contributed by atoms with Gasteiger partial charge in [-0.2, -0.15) is 0 Å². The van der Waals surface area contributed by atoms with E-state index in [0.717, 1.165) is 15.6 Å². The highest BCUT2D eigenvalue weighted by molar-refractivity contribution is 9.10. The molecule has 0 aliphatic rings. The number of hydrogen-bond acceptors (Lipinski definition) is 0. The van der Waals surface area contributed by atoms with E-state index in [0.29, 0.717) is 0 Å². The third kappa shape index (κ3) is 7.06. The molecule has 0 unspecified atom stereocenters. The molecule has 1 heteroatoms. The van der Waals surface area contributed by atoms with E-state index in [1.54, 1.807) is 0 Å². The number of aryl methyl sites for hydroxylation is 1. The van der Waals surface area contributed by atoms with Crippen molar-refractivity contribution < 1.29 is 0 Å². The summed E-state index contributed by atoms with van der Waals surface area (Å²) in [5, 5.41) is 0. The number of rotatable bonds is 7. The molecule has 0 bridgehead atoms. The second-order valence-corrected chi connectivity index (χ2v) is 6.89. The lowest BCUT2D eigenvalue weighted by atomic mass is 10.0. The Kier molecular flexibility index (Phi) is 7.98. The van der Waals surface area contributed by atoms with E-state index in [1.807, 2.05) is 24.3 Å². The van der Waals surface area contributed by atoms with Crippen LogP contribution in [0.4, 0.5) is 0 Å². The smallest absolute Gasteiger partial charge is 0.0249 e. The van der Waals surface area contributed by atoms with Crippen LogP contribution in [0.15, 0.2) is 53.0 Å². The fraction of sp³-hybridized carbons (Fsp3) is 0.364. The zero-order valence-electron chi connectivity index (χ0n) is 13.9. The SMILES string of the molecule is CCCCCCCCc1ccc(C#Cc2ccc(Br)cc2)cc1. The lowest BCUT2D eigenvalue weighted by Crippen LogP contribution is -1.87. The Labute approximate surface area is 149 Å². The molecule has 120 valence electrons. The average molecular weight is 369 g/mol. The van der Waals surface area contributed by atoms with Crippen LogP contribution >= 0.6 is 15.9 Å². The molecule has 0 fully saturated rings. The van der Waals surface area contributed by atoms with Crippen LogP contribution in [0.1, 0.15) is 62.1 Å². The Morgan fingerprint density at radius 2 is 1.22 bits per heavy atom. The molecule has 2 rings (SSSR count). The van der Waals surface area contributed by atoms with Crippen molar-refractivity contribution >= 4 is 15.9 Å². The molecule has 2 aromatic rings. The molecule has 0 aliphatic carbocycles. The maximum absolute atomic E-state index is 3.44. The van der Waals surface area contributed by atoms with E-state index in [2.05, 4.69) is 59.0 Å². The van der Waals surface area contributed by atoms with E-state index in [9.17, 15) is 0 Å². The third-order valence-corrected chi connectivity index (χ3v) is 4.50. The Morgan fingerprint density at radius 1 is 0.696 bits per heavy atom. The standard InChI is InChI=1S/C22H25Br/c1-2-3-4-5-6-7-8-19-9-11-20(12-10-19)13-14-21-15-17-22(23)18-16-21/h9-12,15-18H,2-8H2,1H3. The topological polar surface area (TPSA) is 0 Å². The minimum atomic E-state index is 1.05. The molecule has 0 aromatic heterocycles. The molecule has 0 aliphatic heterocycles. The van der Waals surface area contributed by atoms with Crippen LogP contribution in [-0.2, 0) is 6.42 Å².